The minimum Gasteiger partial charge on any atom is -0.508 e. The fraction of sp³-hybridized carbons (Fsp3) is 0.400. The van der Waals surface area contributed by atoms with E-state index in [9.17, 15) is 14.7 Å². The van der Waals surface area contributed by atoms with E-state index in [0.29, 0.717) is 28.1 Å². The maximum Gasteiger partial charge on any atom is 0.337 e. The smallest absolute Gasteiger partial charge is 0.337 e. The highest BCUT2D eigenvalue weighted by molar-refractivity contribution is 6.00. The highest BCUT2D eigenvalue weighted by Gasteiger charge is 2.38. The minimum atomic E-state index is -0.703. The Balaban J connectivity index is 2.65. The summed E-state index contributed by atoms with van der Waals surface area (Å²) in [6.07, 6.45) is 0. The van der Waals surface area contributed by atoms with Crippen LogP contribution in [0.5, 0.6) is 5.75 Å². The predicted octanol–water partition coefficient (Wildman–Crippen LogP) is 3.14. The van der Waals surface area contributed by atoms with Crippen molar-refractivity contribution in [2.24, 2.45) is 0 Å². The number of phenolic OH excluding ortho intramolecular Hbond substituents is 1. The molecule has 2 rings (SSSR count). The van der Waals surface area contributed by atoms with Gasteiger partial charge in [0.2, 0.25) is 0 Å². The Bertz CT molecular complexity index is 799. The second-order valence-corrected chi connectivity index (χ2v) is 7.22. The SMILES string of the molecule is COC(=O)C1=C(C)NC(C)=C(C(=O)OC(C)(C)C)C1c1cccc(O)c1. The Morgan fingerprint density at radius 2 is 1.65 bits per heavy atom. The van der Waals surface area contributed by atoms with Gasteiger partial charge in [-0.05, 0) is 52.3 Å². The molecule has 0 saturated heterocycles. The molecule has 0 amide bonds. The van der Waals surface area contributed by atoms with Crippen LogP contribution < -0.4 is 5.32 Å². The number of ether oxygens (including phenoxy) is 2. The van der Waals surface area contributed by atoms with Gasteiger partial charge in [0.15, 0.2) is 0 Å². The van der Waals surface area contributed by atoms with Gasteiger partial charge in [-0.1, -0.05) is 12.1 Å². The first-order valence-corrected chi connectivity index (χ1v) is 8.34. The first-order valence-electron chi connectivity index (χ1n) is 8.34. The topological polar surface area (TPSA) is 84.9 Å². The van der Waals surface area contributed by atoms with Crippen LogP contribution in [0.4, 0.5) is 0 Å². The molecular weight excluding hydrogens is 334 g/mol. The molecule has 1 aliphatic heterocycles. The lowest BCUT2D eigenvalue weighted by Gasteiger charge is -2.32. The number of nitrogens with one attached hydrogen (secondary N) is 1. The van der Waals surface area contributed by atoms with Crippen LogP contribution in [0.25, 0.3) is 0 Å². The first kappa shape index (κ1) is 19.6. The normalized spacial score (nSPS) is 17.7. The summed E-state index contributed by atoms with van der Waals surface area (Å²) in [6.45, 7) is 8.85. The third-order valence-electron chi connectivity index (χ3n) is 3.99. The van der Waals surface area contributed by atoms with Crippen molar-refractivity contribution in [2.45, 2.75) is 46.1 Å². The Hall–Kier alpha value is -2.76. The number of aromatic hydroxyl groups is 1. The van der Waals surface area contributed by atoms with Crippen molar-refractivity contribution in [1.29, 1.82) is 0 Å². The maximum absolute atomic E-state index is 12.9. The fourth-order valence-electron chi connectivity index (χ4n) is 3.02. The standard InChI is InChI=1S/C20H25NO5/c1-11-15(18(23)25-6)17(13-8-7-9-14(22)10-13)16(12(2)21-11)19(24)26-20(3,4)5/h7-10,17,21-22H,1-6H3. The quantitative estimate of drug-likeness (QED) is 0.807. The molecule has 0 bridgehead atoms. The van der Waals surface area contributed by atoms with Crippen molar-refractivity contribution in [2.75, 3.05) is 7.11 Å². The maximum atomic E-state index is 12.9. The molecule has 6 nitrogen and oxygen atoms in total. The molecule has 1 heterocycles. The number of hydrogen-bond acceptors (Lipinski definition) is 6. The second-order valence-electron chi connectivity index (χ2n) is 7.22. The van der Waals surface area contributed by atoms with Crippen LogP contribution in [-0.4, -0.2) is 29.8 Å². The molecule has 140 valence electrons. The average molecular weight is 359 g/mol. The lowest BCUT2D eigenvalue weighted by Crippen LogP contribution is -2.34. The average Bonchev–Trinajstić information content (AvgIpc) is 2.51. The van der Waals surface area contributed by atoms with Crippen molar-refractivity contribution >= 4 is 11.9 Å². The van der Waals surface area contributed by atoms with Gasteiger partial charge in [-0.15, -0.1) is 0 Å². The molecule has 0 aliphatic carbocycles. The molecule has 0 saturated carbocycles. The summed E-state index contributed by atoms with van der Waals surface area (Å²) in [5, 5.41) is 13.0. The Labute approximate surface area is 153 Å². The van der Waals surface area contributed by atoms with E-state index in [0.717, 1.165) is 0 Å². The van der Waals surface area contributed by atoms with Crippen molar-refractivity contribution in [1.82, 2.24) is 5.32 Å². The van der Waals surface area contributed by atoms with Gasteiger partial charge in [0.1, 0.15) is 11.4 Å². The highest BCUT2D eigenvalue weighted by atomic mass is 16.6. The molecule has 0 fully saturated rings. The molecule has 0 radical (unpaired) electrons. The summed E-state index contributed by atoms with van der Waals surface area (Å²) in [6, 6.07) is 6.48. The van der Waals surface area contributed by atoms with Gasteiger partial charge in [-0.25, -0.2) is 9.59 Å². The van der Waals surface area contributed by atoms with Crippen LogP contribution in [0.2, 0.25) is 0 Å². The molecule has 1 aliphatic rings. The monoisotopic (exact) mass is 359 g/mol. The first-order chi connectivity index (χ1) is 12.0. The van der Waals surface area contributed by atoms with Crippen LogP contribution >= 0.6 is 0 Å². The lowest BCUT2D eigenvalue weighted by molar-refractivity contribution is -0.150. The number of carbonyl (C=O) groups is 2. The summed E-state index contributed by atoms with van der Waals surface area (Å²) >= 11 is 0. The zero-order valence-corrected chi connectivity index (χ0v) is 16.0. The van der Waals surface area contributed by atoms with Gasteiger partial charge >= 0.3 is 11.9 Å². The van der Waals surface area contributed by atoms with Crippen molar-refractivity contribution in [3.63, 3.8) is 0 Å². The van der Waals surface area contributed by atoms with E-state index in [1.807, 2.05) is 0 Å². The van der Waals surface area contributed by atoms with Gasteiger partial charge in [0, 0.05) is 11.4 Å². The summed E-state index contributed by atoms with van der Waals surface area (Å²) < 4.78 is 10.5. The van der Waals surface area contributed by atoms with Gasteiger partial charge in [0.25, 0.3) is 0 Å². The number of rotatable bonds is 3. The van der Waals surface area contributed by atoms with E-state index >= 15 is 0 Å². The number of allylic oxidation sites excluding steroid dienone is 2. The third-order valence-corrected chi connectivity index (χ3v) is 3.99. The summed E-state index contributed by atoms with van der Waals surface area (Å²) in [5.41, 5.74) is 1.73. The largest absolute Gasteiger partial charge is 0.508 e. The number of phenols is 1. The molecule has 1 aromatic carbocycles. The zero-order valence-electron chi connectivity index (χ0n) is 16.0. The Morgan fingerprint density at radius 3 is 2.15 bits per heavy atom. The molecule has 6 heteroatoms. The summed E-state index contributed by atoms with van der Waals surface area (Å²) in [5.74, 6) is -1.73. The van der Waals surface area contributed by atoms with E-state index < -0.39 is 23.5 Å². The molecule has 1 unspecified atom stereocenters. The summed E-state index contributed by atoms with van der Waals surface area (Å²) in [7, 11) is 1.29. The van der Waals surface area contributed by atoms with E-state index in [1.165, 1.54) is 19.2 Å². The van der Waals surface area contributed by atoms with Crippen molar-refractivity contribution in [3.8, 4) is 5.75 Å². The van der Waals surface area contributed by atoms with Crippen LogP contribution in [0.1, 0.15) is 46.1 Å². The van der Waals surface area contributed by atoms with Gasteiger partial charge in [-0.3, -0.25) is 0 Å². The molecule has 0 spiro atoms. The van der Waals surface area contributed by atoms with Crippen LogP contribution in [-0.2, 0) is 19.1 Å². The number of esters is 2. The molecule has 26 heavy (non-hydrogen) atoms. The van der Waals surface area contributed by atoms with Gasteiger partial charge in [0.05, 0.1) is 24.2 Å². The Morgan fingerprint density at radius 1 is 1.08 bits per heavy atom. The third kappa shape index (κ3) is 4.07. The molecule has 1 atom stereocenters. The van der Waals surface area contributed by atoms with E-state index in [1.54, 1.807) is 46.8 Å². The second kappa shape index (κ2) is 7.23. The molecular formula is C20H25NO5. The molecule has 0 aromatic heterocycles. The van der Waals surface area contributed by atoms with E-state index in [4.69, 9.17) is 9.47 Å². The lowest BCUT2D eigenvalue weighted by atomic mass is 9.80. The van der Waals surface area contributed by atoms with E-state index in [2.05, 4.69) is 5.32 Å². The summed E-state index contributed by atoms with van der Waals surface area (Å²) in [4.78, 5) is 25.3. The number of carbonyl (C=O) groups excluding carboxylic acids is 2. The van der Waals surface area contributed by atoms with E-state index in [-0.39, 0.29) is 5.75 Å². The number of hydrogen-bond donors (Lipinski definition) is 2. The van der Waals surface area contributed by atoms with Crippen LogP contribution in [0.15, 0.2) is 46.8 Å². The van der Waals surface area contributed by atoms with Crippen LogP contribution in [0, 0.1) is 0 Å². The Kier molecular flexibility index (Phi) is 5.44. The van der Waals surface area contributed by atoms with Gasteiger partial charge in [-0.2, -0.15) is 0 Å². The number of benzene rings is 1. The van der Waals surface area contributed by atoms with Crippen molar-refractivity contribution < 1.29 is 24.2 Å². The fourth-order valence-corrected chi connectivity index (χ4v) is 3.02. The van der Waals surface area contributed by atoms with Crippen LogP contribution in [0.3, 0.4) is 0 Å². The number of dihydropyridines is 1. The molecule has 2 N–H and O–H groups in total. The molecule has 1 aromatic rings. The predicted molar refractivity (Wildman–Crippen MR) is 97.2 cm³/mol. The zero-order chi connectivity index (χ0) is 19.6. The number of methoxy groups -OCH3 is 1. The van der Waals surface area contributed by atoms with Gasteiger partial charge < -0.3 is 19.9 Å². The highest BCUT2D eigenvalue weighted by Crippen LogP contribution is 2.40. The minimum absolute atomic E-state index is 0.0455. The van der Waals surface area contributed by atoms with Crippen molar-refractivity contribution in [3.05, 3.63) is 52.4 Å².